The third kappa shape index (κ3) is 2.99. The molecule has 110 valence electrons. The van der Waals surface area contributed by atoms with Crippen molar-refractivity contribution in [2.45, 2.75) is 6.67 Å². The first-order chi connectivity index (χ1) is 9.99. The monoisotopic (exact) mass is 331 g/mol. The molecule has 0 aliphatic rings. The summed E-state index contributed by atoms with van der Waals surface area (Å²) in [6, 6.07) is 5.53. The maximum Gasteiger partial charge on any atom is 0.358 e. The zero-order chi connectivity index (χ0) is 15.6. The summed E-state index contributed by atoms with van der Waals surface area (Å²) in [5, 5.41) is 0.0617. The van der Waals surface area contributed by atoms with Gasteiger partial charge in [0.2, 0.25) is 0 Å². The van der Waals surface area contributed by atoms with E-state index in [1.165, 1.54) is 31.4 Å². The van der Waals surface area contributed by atoms with E-state index in [9.17, 15) is 13.6 Å². The Morgan fingerprint density at radius 2 is 1.90 bits per heavy atom. The Labute approximate surface area is 129 Å². The summed E-state index contributed by atoms with van der Waals surface area (Å²) in [5.41, 5.74) is -0.254. The summed E-state index contributed by atoms with van der Waals surface area (Å²) in [5.74, 6) is -1.57. The smallest absolute Gasteiger partial charge is 0.358 e. The van der Waals surface area contributed by atoms with Crippen molar-refractivity contribution in [1.82, 2.24) is 4.98 Å². The van der Waals surface area contributed by atoms with E-state index in [2.05, 4.69) is 9.72 Å². The average Bonchev–Trinajstić information content (AvgIpc) is 2.48. The molecule has 1 heterocycles. The van der Waals surface area contributed by atoms with E-state index in [0.717, 1.165) is 0 Å². The first-order valence-corrected chi connectivity index (χ1v) is 6.53. The summed E-state index contributed by atoms with van der Waals surface area (Å²) in [6.07, 6.45) is 0. The normalized spacial score (nSPS) is 10.5. The average molecular weight is 332 g/mol. The van der Waals surface area contributed by atoms with Gasteiger partial charge in [0.05, 0.1) is 17.8 Å². The van der Waals surface area contributed by atoms with Gasteiger partial charge in [-0.25, -0.2) is 18.6 Å². The van der Waals surface area contributed by atoms with E-state index in [1.54, 1.807) is 0 Å². The van der Waals surface area contributed by atoms with Gasteiger partial charge in [-0.3, -0.25) is 0 Å². The van der Waals surface area contributed by atoms with Crippen LogP contribution < -0.4 is 0 Å². The number of hydrogen-bond acceptors (Lipinski definition) is 3. The zero-order valence-corrected chi connectivity index (χ0v) is 12.3. The molecule has 0 N–H and O–H groups in total. The van der Waals surface area contributed by atoms with Crippen molar-refractivity contribution in [1.29, 1.82) is 0 Å². The highest BCUT2D eigenvalue weighted by atomic mass is 35.5. The molecule has 1 aromatic carbocycles. The van der Waals surface area contributed by atoms with Crippen LogP contribution in [-0.2, 0) is 11.4 Å². The molecular weight excluding hydrogens is 323 g/mol. The van der Waals surface area contributed by atoms with Crippen molar-refractivity contribution in [3.63, 3.8) is 0 Å². The fourth-order valence-corrected chi connectivity index (χ4v) is 2.13. The summed E-state index contributed by atoms with van der Waals surface area (Å²) in [4.78, 5) is 15.5. The summed E-state index contributed by atoms with van der Waals surface area (Å²) in [6.45, 7) is -1.05. The SMILES string of the molecule is COC(=O)c1nc(-c2ccc(Cl)c(CF)c2F)ccc1Cl. The first kappa shape index (κ1) is 15.7. The van der Waals surface area contributed by atoms with Gasteiger partial charge in [0.15, 0.2) is 5.69 Å². The van der Waals surface area contributed by atoms with Crippen LogP contribution in [0.1, 0.15) is 16.1 Å². The van der Waals surface area contributed by atoms with Gasteiger partial charge in [-0.15, -0.1) is 0 Å². The van der Waals surface area contributed by atoms with Crippen LogP contribution in [0.15, 0.2) is 24.3 Å². The van der Waals surface area contributed by atoms with E-state index in [1.807, 2.05) is 0 Å². The Morgan fingerprint density at radius 3 is 2.52 bits per heavy atom. The molecular formula is C14H9Cl2F2NO2. The highest BCUT2D eigenvalue weighted by Crippen LogP contribution is 2.30. The number of pyridine rings is 1. The number of aromatic nitrogens is 1. The number of halogens is 4. The number of nitrogens with zero attached hydrogens (tertiary/aromatic N) is 1. The second kappa shape index (κ2) is 6.37. The molecule has 0 bridgehead atoms. The number of rotatable bonds is 3. The summed E-state index contributed by atoms with van der Waals surface area (Å²) in [7, 11) is 1.18. The first-order valence-electron chi connectivity index (χ1n) is 5.77. The number of methoxy groups -OCH3 is 1. The van der Waals surface area contributed by atoms with Crippen molar-refractivity contribution >= 4 is 29.2 Å². The molecule has 21 heavy (non-hydrogen) atoms. The Bertz CT molecular complexity index is 708. The molecule has 0 saturated carbocycles. The van der Waals surface area contributed by atoms with Crippen molar-refractivity contribution < 1.29 is 18.3 Å². The fourth-order valence-electron chi connectivity index (χ4n) is 1.75. The number of benzene rings is 1. The third-order valence-electron chi connectivity index (χ3n) is 2.82. The third-order valence-corrected chi connectivity index (χ3v) is 3.48. The van der Waals surface area contributed by atoms with Gasteiger partial charge in [-0.05, 0) is 24.3 Å². The lowest BCUT2D eigenvalue weighted by Gasteiger charge is -2.09. The summed E-state index contributed by atoms with van der Waals surface area (Å²) >= 11 is 11.6. The molecule has 0 amide bonds. The lowest BCUT2D eigenvalue weighted by Crippen LogP contribution is -2.06. The van der Waals surface area contributed by atoms with E-state index < -0.39 is 18.5 Å². The number of carbonyl (C=O) groups excluding carboxylic acids is 1. The number of hydrogen-bond donors (Lipinski definition) is 0. The van der Waals surface area contributed by atoms with Crippen LogP contribution in [0, 0.1) is 5.82 Å². The van der Waals surface area contributed by atoms with Gasteiger partial charge in [0.1, 0.15) is 12.5 Å². The maximum atomic E-state index is 14.2. The fraction of sp³-hybridized carbons (Fsp3) is 0.143. The van der Waals surface area contributed by atoms with E-state index in [4.69, 9.17) is 23.2 Å². The molecule has 0 aliphatic heterocycles. The Kier molecular flexibility index (Phi) is 4.75. The van der Waals surface area contributed by atoms with Crippen LogP contribution in [-0.4, -0.2) is 18.1 Å². The van der Waals surface area contributed by atoms with Gasteiger partial charge in [-0.1, -0.05) is 23.2 Å². The van der Waals surface area contributed by atoms with Crippen LogP contribution in [0.5, 0.6) is 0 Å². The number of carbonyl (C=O) groups is 1. The van der Waals surface area contributed by atoms with Gasteiger partial charge >= 0.3 is 5.97 Å². The van der Waals surface area contributed by atoms with Crippen LogP contribution in [0.25, 0.3) is 11.3 Å². The second-order valence-electron chi connectivity index (χ2n) is 4.04. The van der Waals surface area contributed by atoms with Gasteiger partial charge in [0, 0.05) is 16.1 Å². The molecule has 0 unspecified atom stereocenters. The number of esters is 1. The molecule has 2 aromatic rings. The molecule has 0 spiro atoms. The minimum Gasteiger partial charge on any atom is -0.464 e. The van der Waals surface area contributed by atoms with E-state index in [-0.39, 0.29) is 32.6 Å². The molecule has 2 rings (SSSR count). The largest absolute Gasteiger partial charge is 0.464 e. The zero-order valence-electron chi connectivity index (χ0n) is 10.8. The molecule has 0 fully saturated rings. The predicted molar refractivity (Wildman–Crippen MR) is 75.8 cm³/mol. The van der Waals surface area contributed by atoms with Crippen LogP contribution in [0.3, 0.4) is 0 Å². The minimum atomic E-state index is -1.05. The lowest BCUT2D eigenvalue weighted by atomic mass is 10.1. The van der Waals surface area contributed by atoms with E-state index in [0.29, 0.717) is 0 Å². The molecule has 0 radical (unpaired) electrons. The summed E-state index contributed by atoms with van der Waals surface area (Å²) < 4.78 is 31.6. The minimum absolute atomic E-state index is 0.0131. The van der Waals surface area contributed by atoms with Gasteiger partial charge in [-0.2, -0.15) is 0 Å². The molecule has 1 aromatic heterocycles. The van der Waals surface area contributed by atoms with Gasteiger partial charge in [0.25, 0.3) is 0 Å². The Balaban J connectivity index is 2.60. The van der Waals surface area contributed by atoms with E-state index >= 15 is 0 Å². The lowest BCUT2D eigenvalue weighted by molar-refractivity contribution is 0.0594. The predicted octanol–water partition coefficient (Wildman–Crippen LogP) is 4.45. The quantitative estimate of drug-likeness (QED) is 0.780. The second-order valence-corrected chi connectivity index (χ2v) is 4.85. The van der Waals surface area contributed by atoms with Crippen molar-refractivity contribution in [2.24, 2.45) is 0 Å². The van der Waals surface area contributed by atoms with Crippen molar-refractivity contribution in [3.05, 3.63) is 51.4 Å². The molecule has 0 aliphatic carbocycles. The van der Waals surface area contributed by atoms with Crippen molar-refractivity contribution in [3.8, 4) is 11.3 Å². The Morgan fingerprint density at radius 1 is 1.24 bits per heavy atom. The molecule has 0 saturated heterocycles. The Hall–Kier alpha value is -1.72. The van der Waals surface area contributed by atoms with Gasteiger partial charge < -0.3 is 4.74 Å². The molecule has 3 nitrogen and oxygen atoms in total. The standard InChI is InChI=1S/C14H9Cl2F2NO2/c1-21-14(20)13-10(16)4-5-11(19-13)7-2-3-9(15)8(6-17)12(7)18/h2-5H,6H2,1H3. The molecule has 7 heteroatoms. The molecule has 0 atom stereocenters. The maximum absolute atomic E-state index is 14.2. The topological polar surface area (TPSA) is 39.2 Å². The number of ether oxygens (including phenoxy) is 1. The highest BCUT2D eigenvalue weighted by Gasteiger charge is 2.18. The van der Waals surface area contributed by atoms with Crippen molar-refractivity contribution in [2.75, 3.05) is 7.11 Å². The van der Waals surface area contributed by atoms with Crippen LogP contribution in [0.2, 0.25) is 10.0 Å². The number of alkyl halides is 1. The van der Waals surface area contributed by atoms with Crippen LogP contribution >= 0.6 is 23.2 Å². The highest BCUT2D eigenvalue weighted by molar-refractivity contribution is 6.33. The van der Waals surface area contributed by atoms with Crippen LogP contribution in [0.4, 0.5) is 8.78 Å².